The molecule has 0 aliphatic heterocycles. The molecule has 0 saturated carbocycles. The molecule has 0 radical (unpaired) electrons. The zero-order valence-corrected chi connectivity index (χ0v) is 15.9. The minimum absolute atomic E-state index is 0.0120. The zero-order valence-electron chi connectivity index (χ0n) is 14.3. The summed E-state index contributed by atoms with van der Waals surface area (Å²) in [5.41, 5.74) is 1.25. The molecule has 3 rings (SSSR count). The number of benzene rings is 3. The Bertz CT molecular complexity index is 879. The summed E-state index contributed by atoms with van der Waals surface area (Å²) in [7, 11) is 0. The summed E-state index contributed by atoms with van der Waals surface area (Å²) in [6.45, 7) is 0.850. The lowest BCUT2D eigenvalue weighted by atomic mass is 10.1. The fourth-order valence-electron chi connectivity index (χ4n) is 2.64. The van der Waals surface area contributed by atoms with Crippen LogP contribution in [0, 0.1) is 0 Å². The average Bonchev–Trinajstić information content (AvgIpc) is 2.67. The van der Waals surface area contributed by atoms with E-state index in [9.17, 15) is 4.79 Å². The standard InChI is InChI=1S/C21H20ClNO2S/c22-19-10-3-4-11-20(19)25-13-12-23-21(24)15-26-14-17-8-5-7-16-6-1-2-9-18(16)17/h1-11H,12-15H2,(H,23,24). The molecule has 3 aromatic rings. The largest absolute Gasteiger partial charge is 0.490 e. The van der Waals surface area contributed by atoms with E-state index in [4.69, 9.17) is 16.3 Å². The lowest BCUT2D eigenvalue weighted by Gasteiger charge is -2.09. The number of amides is 1. The molecule has 0 atom stereocenters. The van der Waals surface area contributed by atoms with Gasteiger partial charge >= 0.3 is 0 Å². The van der Waals surface area contributed by atoms with Crippen LogP contribution in [0.5, 0.6) is 5.75 Å². The fourth-order valence-corrected chi connectivity index (χ4v) is 3.69. The van der Waals surface area contributed by atoms with Crippen molar-refractivity contribution in [2.45, 2.75) is 5.75 Å². The van der Waals surface area contributed by atoms with E-state index >= 15 is 0 Å². The van der Waals surface area contributed by atoms with Crippen LogP contribution in [0.25, 0.3) is 10.8 Å². The number of ether oxygens (including phenoxy) is 1. The van der Waals surface area contributed by atoms with Crippen molar-refractivity contribution in [2.75, 3.05) is 18.9 Å². The minimum Gasteiger partial charge on any atom is -0.490 e. The number of nitrogens with one attached hydrogen (secondary N) is 1. The Labute approximate surface area is 162 Å². The van der Waals surface area contributed by atoms with Gasteiger partial charge in [0.1, 0.15) is 12.4 Å². The summed E-state index contributed by atoms with van der Waals surface area (Å²) >= 11 is 7.63. The third kappa shape index (κ3) is 5.16. The molecule has 3 nitrogen and oxygen atoms in total. The van der Waals surface area contributed by atoms with Crippen molar-refractivity contribution < 1.29 is 9.53 Å². The topological polar surface area (TPSA) is 38.3 Å². The van der Waals surface area contributed by atoms with Crippen LogP contribution in [0.3, 0.4) is 0 Å². The number of carbonyl (C=O) groups is 1. The Morgan fingerprint density at radius 2 is 1.77 bits per heavy atom. The summed E-state index contributed by atoms with van der Waals surface area (Å²) in [6, 6.07) is 21.9. The molecule has 0 saturated heterocycles. The van der Waals surface area contributed by atoms with Crippen molar-refractivity contribution in [1.82, 2.24) is 5.32 Å². The molecular formula is C21H20ClNO2S. The van der Waals surface area contributed by atoms with Gasteiger partial charge < -0.3 is 10.1 Å². The number of hydrogen-bond acceptors (Lipinski definition) is 3. The molecule has 0 bridgehead atoms. The Morgan fingerprint density at radius 3 is 2.65 bits per heavy atom. The maximum atomic E-state index is 12.0. The molecule has 0 aromatic heterocycles. The van der Waals surface area contributed by atoms with E-state index < -0.39 is 0 Å². The summed E-state index contributed by atoms with van der Waals surface area (Å²) in [5, 5.41) is 5.92. The number of para-hydroxylation sites is 1. The van der Waals surface area contributed by atoms with Gasteiger partial charge in [0.2, 0.25) is 5.91 Å². The molecule has 134 valence electrons. The Balaban J connectivity index is 1.38. The van der Waals surface area contributed by atoms with Crippen LogP contribution >= 0.6 is 23.4 Å². The molecule has 0 heterocycles. The highest BCUT2D eigenvalue weighted by atomic mass is 35.5. The Kier molecular flexibility index (Phi) is 6.81. The molecule has 26 heavy (non-hydrogen) atoms. The number of rotatable bonds is 8. The van der Waals surface area contributed by atoms with E-state index in [1.54, 1.807) is 17.8 Å². The van der Waals surface area contributed by atoms with Crippen LogP contribution in [0.4, 0.5) is 0 Å². The first-order chi connectivity index (χ1) is 12.7. The van der Waals surface area contributed by atoms with Crippen LogP contribution < -0.4 is 10.1 Å². The predicted octanol–water partition coefficient (Wildman–Crippen LogP) is 4.92. The Hall–Kier alpha value is -2.17. The van der Waals surface area contributed by atoms with Gasteiger partial charge in [-0.25, -0.2) is 0 Å². The molecule has 5 heteroatoms. The second-order valence-corrected chi connectivity index (χ2v) is 7.15. The van der Waals surface area contributed by atoms with Gasteiger partial charge in [-0.2, -0.15) is 0 Å². The molecule has 0 spiro atoms. The van der Waals surface area contributed by atoms with Crippen LogP contribution in [-0.4, -0.2) is 24.8 Å². The van der Waals surface area contributed by atoms with Crippen LogP contribution in [0.1, 0.15) is 5.56 Å². The maximum Gasteiger partial charge on any atom is 0.230 e. The third-order valence-electron chi connectivity index (χ3n) is 3.89. The van der Waals surface area contributed by atoms with Gasteiger partial charge in [-0.05, 0) is 28.5 Å². The second-order valence-electron chi connectivity index (χ2n) is 5.76. The molecule has 1 N–H and O–H groups in total. The van der Waals surface area contributed by atoms with Gasteiger partial charge in [-0.3, -0.25) is 4.79 Å². The van der Waals surface area contributed by atoms with Crippen molar-refractivity contribution >= 4 is 40.0 Å². The quantitative estimate of drug-likeness (QED) is 0.559. The molecule has 0 fully saturated rings. The van der Waals surface area contributed by atoms with Crippen LogP contribution in [-0.2, 0) is 10.5 Å². The number of fused-ring (bicyclic) bond motifs is 1. The SMILES string of the molecule is O=C(CSCc1cccc2ccccc12)NCCOc1ccccc1Cl. The van der Waals surface area contributed by atoms with E-state index in [-0.39, 0.29) is 5.91 Å². The molecular weight excluding hydrogens is 366 g/mol. The van der Waals surface area contributed by atoms with Crippen molar-refractivity contribution in [3.8, 4) is 5.75 Å². The molecule has 3 aromatic carbocycles. The fraction of sp³-hybridized carbons (Fsp3) is 0.190. The zero-order chi connectivity index (χ0) is 18.2. The van der Waals surface area contributed by atoms with Crippen molar-refractivity contribution in [3.05, 3.63) is 77.3 Å². The average molecular weight is 386 g/mol. The highest BCUT2D eigenvalue weighted by Crippen LogP contribution is 2.23. The van der Waals surface area contributed by atoms with E-state index in [2.05, 4.69) is 35.6 Å². The highest BCUT2D eigenvalue weighted by molar-refractivity contribution is 7.99. The van der Waals surface area contributed by atoms with E-state index in [0.717, 1.165) is 5.75 Å². The minimum atomic E-state index is 0.0120. The van der Waals surface area contributed by atoms with Gasteiger partial charge in [0.05, 0.1) is 17.3 Å². The van der Waals surface area contributed by atoms with Gasteiger partial charge in [-0.15, -0.1) is 11.8 Å². The summed E-state index contributed by atoms with van der Waals surface area (Å²) in [6.07, 6.45) is 0. The molecule has 0 unspecified atom stereocenters. The number of carbonyl (C=O) groups excluding carboxylic acids is 1. The first-order valence-corrected chi connectivity index (χ1v) is 9.96. The van der Waals surface area contributed by atoms with E-state index in [1.807, 2.05) is 30.3 Å². The first kappa shape index (κ1) is 18.6. The van der Waals surface area contributed by atoms with Gasteiger partial charge in [-0.1, -0.05) is 66.2 Å². The normalized spacial score (nSPS) is 10.7. The van der Waals surface area contributed by atoms with Gasteiger partial charge in [0.25, 0.3) is 0 Å². The first-order valence-electron chi connectivity index (χ1n) is 8.42. The predicted molar refractivity (Wildman–Crippen MR) is 110 cm³/mol. The van der Waals surface area contributed by atoms with E-state index in [0.29, 0.717) is 29.7 Å². The van der Waals surface area contributed by atoms with Crippen molar-refractivity contribution in [3.63, 3.8) is 0 Å². The highest BCUT2D eigenvalue weighted by Gasteiger charge is 2.05. The van der Waals surface area contributed by atoms with Gasteiger partial charge in [0, 0.05) is 5.75 Å². The smallest absolute Gasteiger partial charge is 0.230 e. The second kappa shape index (κ2) is 9.51. The third-order valence-corrected chi connectivity index (χ3v) is 5.18. The van der Waals surface area contributed by atoms with Crippen LogP contribution in [0.2, 0.25) is 5.02 Å². The lowest BCUT2D eigenvalue weighted by molar-refractivity contribution is -0.118. The molecule has 0 aliphatic rings. The Morgan fingerprint density at radius 1 is 1.00 bits per heavy atom. The number of thioether (sulfide) groups is 1. The summed E-state index contributed by atoms with van der Waals surface area (Å²) in [5.74, 6) is 1.88. The van der Waals surface area contributed by atoms with Crippen molar-refractivity contribution in [1.29, 1.82) is 0 Å². The van der Waals surface area contributed by atoms with Crippen LogP contribution in [0.15, 0.2) is 66.7 Å². The number of halogens is 1. The summed E-state index contributed by atoms with van der Waals surface area (Å²) < 4.78 is 5.56. The summed E-state index contributed by atoms with van der Waals surface area (Å²) in [4.78, 5) is 12.0. The number of hydrogen-bond donors (Lipinski definition) is 1. The van der Waals surface area contributed by atoms with Crippen molar-refractivity contribution in [2.24, 2.45) is 0 Å². The molecule has 1 amide bonds. The lowest BCUT2D eigenvalue weighted by Crippen LogP contribution is -2.29. The molecule has 0 aliphatic carbocycles. The van der Waals surface area contributed by atoms with E-state index in [1.165, 1.54) is 16.3 Å². The van der Waals surface area contributed by atoms with Gasteiger partial charge in [0.15, 0.2) is 0 Å². The maximum absolute atomic E-state index is 12.0. The monoisotopic (exact) mass is 385 g/mol.